The maximum absolute atomic E-state index is 6.55. The first-order chi connectivity index (χ1) is 11.0. The molecule has 0 aromatic heterocycles. The van der Waals surface area contributed by atoms with Crippen LogP contribution in [0.15, 0.2) is 0 Å². The fourth-order valence-corrected chi connectivity index (χ4v) is 19.4. The summed E-state index contributed by atoms with van der Waals surface area (Å²) in [5, 5.41) is 0. The summed E-state index contributed by atoms with van der Waals surface area (Å²) in [6, 6.07) is 2.30. The Morgan fingerprint density at radius 2 is 1.29 bits per heavy atom. The second-order valence-electron chi connectivity index (χ2n) is 8.81. The van der Waals surface area contributed by atoms with Crippen LogP contribution in [0, 0.1) is 0 Å². The smallest absolute Gasteiger partial charge is 0.312 e. The summed E-state index contributed by atoms with van der Waals surface area (Å²) in [5.41, 5.74) is 0. The van der Waals surface area contributed by atoms with Gasteiger partial charge in [-0.3, -0.25) is 0 Å². The Labute approximate surface area is 152 Å². The van der Waals surface area contributed by atoms with E-state index in [0.29, 0.717) is 12.2 Å². The predicted molar refractivity (Wildman–Crippen MR) is 107 cm³/mol. The molecule has 2 aliphatic rings. The molecule has 24 heavy (non-hydrogen) atoms. The lowest BCUT2D eigenvalue weighted by atomic mass is 10.4. The van der Waals surface area contributed by atoms with Gasteiger partial charge in [-0.15, -0.1) is 0 Å². The van der Waals surface area contributed by atoms with Crippen LogP contribution in [-0.2, 0) is 21.8 Å². The third kappa shape index (κ3) is 8.85. The van der Waals surface area contributed by atoms with E-state index in [9.17, 15) is 0 Å². The van der Waals surface area contributed by atoms with Crippen LogP contribution in [-0.4, -0.2) is 59.9 Å². The number of epoxide rings is 2. The summed E-state index contributed by atoms with van der Waals surface area (Å²) in [4.78, 5) is 0. The molecule has 5 nitrogen and oxygen atoms in total. The average Bonchev–Trinajstić information content (AvgIpc) is 3.25. The maximum atomic E-state index is 6.55. The molecule has 0 bridgehead atoms. The highest BCUT2D eigenvalue weighted by atomic mass is 28.5. The summed E-state index contributed by atoms with van der Waals surface area (Å²) < 4.78 is 30.0. The minimum absolute atomic E-state index is 0.491. The monoisotopic (exact) mass is 408 g/mol. The van der Waals surface area contributed by atoms with E-state index in [-0.39, 0.29) is 0 Å². The second-order valence-corrected chi connectivity index (χ2v) is 23.5. The SMILES string of the molecule is C[SiH](O[Si](C)(C)CCC1CO1)O[Si](C)(C)O[Si](C)(C)CCC1CO1. The van der Waals surface area contributed by atoms with Crippen molar-refractivity contribution in [1.82, 2.24) is 0 Å². The molecule has 0 radical (unpaired) electrons. The zero-order valence-corrected chi connectivity index (χ0v) is 20.7. The number of hydrogen-bond donors (Lipinski definition) is 0. The van der Waals surface area contributed by atoms with Crippen molar-refractivity contribution in [3.05, 3.63) is 0 Å². The molecule has 0 aromatic carbocycles. The van der Waals surface area contributed by atoms with Crippen molar-refractivity contribution < 1.29 is 21.8 Å². The lowest BCUT2D eigenvalue weighted by molar-refractivity contribution is 0.344. The van der Waals surface area contributed by atoms with E-state index in [1.54, 1.807) is 0 Å². The molecule has 9 heteroatoms. The van der Waals surface area contributed by atoms with Crippen molar-refractivity contribution in [2.24, 2.45) is 0 Å². The van der Waals surface area contributed by atoms with Crippen LogP contribution in [0.25, 0.3) is 0 Å². The van der Waals surface area contributed by atoms with E-state index in [4.69, 9.17) is 21.8 Å². The Morgan fingerprint density at radius 3 is 1.75 bits per heavy atom. The molecule has 142 valence electrons. The molecule has 2 heterocycles. The number of ether oxygens (including phenoxy) is 2. The standard InChI is InChI=1S/C15H36O5Si4/c1-21(18-22(2,3)10-8-14-12-16-14)19-24(6,7)20-23(4,5)11-9-15-13-17-15/h14-15,21H,8-13H2,1-7H3. The van der Waals surface area contributed by atoms with Crippen molar-refractivity contribution in [2.45, 2.75) is 83.0 Å². The van der Waals surface area contributed by atoms with Crippen LogP contribution in [0.3, 0.4) is 0 Å². The van der Waals surface area contributed by atoms with Crippen LogP contribution in [0.2, 0.25) is 57.9 Å². The van der Waals surface area contributed by atoms with Crippen LogP contribution in [0.4, 0.5) is 0 Å². The Kier molecular flexibility index (Phi) is 7.11. The minimum atomic E-state index is -2.13. The predicted octanol–water partition coefficient (Wildman–Crippen LogP) is 3.58. The van der Waals surface area contributed by atoms with Gasteiger partial charge in [0.2, 0.25) is 0 Å². The summed E-state index contributed by atoms with van der Waals surface area (Å²) in [6.07, 6.45) is 3.26. The third-order valence-corrected chi connectivity index (χ3v) is 19.0. The molecular formula is C15H36O5Si4. The van der Waals surface area contributed by atoms with Crippen LogP contribution in [0.1, 0.15) is 12.8 Å². The molecule has 0 spiro atoms. The first-order valence-electron chi connectivity index (χ1n) is 9.25. The maximum Gasteiger partial charge on any atom is 0.312 e. The first-order valence-corrected chi connectivity index (χ1v) is 20.4. The Morgan fingerprint density at radius 1 is 0.833 bits per heavy atom. The molecule has 2 fully saturated rings. The molecule has 0 saturated carbocycles. The molecule has 3 unspecified atom stereocenters. The normalized spacial score (nSPS) is 25.6. The van der Waals surface area contributed by atoms with Crippen molar-refractivity contribution in [2.75, 3.05) is 13.2 Å². The van der Waals surface area contributed by atoms with Gasteiger partial charge >= 0.3 is 8.56 Å². The molecule has 0 aromatic rings. The van der Waals surface area contributed by atoms with Crippen molar-refractivity contribution in [1.29, 1.82) is 0 Å². The van der Waals surface area contributed by atoms with Crippen LogP contribution < -0.4 is 0 Å². The Hall–Kier alpha value is 0.668. The van der Waals surface area contributed by atoms with Gasteiger partial charge in [0.1, 0.15) is 0 Å². The topological polar surface area (TPSA) is 52.8 Å². The van der Waals surface area contributed by atoms with Crippen LogP contribution in [0.5, 0.6) is 0 Å². The molecule has 2 rings (SSSR count). The van der Waals surface area contributed by atoms with E-state index >= 15 is 0 Å². The summed E-state index contributed by atoms with van der Waals surface area (Å²) in [6.45, 7) is 17.6. The quantitative estimate of drug-likeness (QED) is 0.365. The highest BCUT2D eigenvalue weighted by Crippen LogP contribution is 2.27. The van der Waals surface area contributed by atoms with Crippen molar-refractivity contribution in [3.63, 3.8) is 0 Å². The van der Waals surface area contributed by atoms with Gasteiger partial charge in [0.25, 0.3) is 9.28 Å². The zero-order valence-electron chi connectivity index (χ0n) is 16.5. The Balaban J connectivity index is 1.73. The first kappa shape index (κ1) is 21.0. The van der Waals surface area contributed by atoms with Gasteiger partial charge in [-0.05, 0) is 70.8 Å². The van der Waals surface area contributed by atoms with Gasteiger partial charge in [0.05, 0.1) is 25.4 Å². The van der Waals surface area contributed by atoms with Gasteiger partial charge in [-0.25, -0.2) is 0 Å². The van der Waals surface area contributed by atoms with Gasteiger partial charge in [-0.2, -0.15) is 0 Å². The zero-order chi connectivity index (χ0) is 18.0. The summed E-state index contributed by atoms with van der Waals surface area (Å²) in [5.74, 6) is 0. The number of hydrogen-bond acceptors (Lipinski definition) is 5. The molecular weight excluding hydrogens is 373 g/mol. The molecule has 0 aliphatic carbocycles. The largest absolute Gasteiger partial charge is 0.439 e. The van der Waals surface area contributed by atoms with Crippen molar-refractivity contribution in [3.8, 4) is 0 Å². The highest BCUT2D eigenvalue weighted by molar-refractivity contribution is 6.85. The van der Waals surface area contributed by atoms with Gasteiger partial charge in [0.15, 0.2) is 16.6 Å². The van der Waals surface area contributed by atoms with E-state index in [0.717, 1.165) is 38.1 Å². The van der Waals surface area contributed by atoms with E-state index in [2.05, 4.69) is 45.8 Å². The van der Waals surface area contributed by atoms with Crippen molar-refractivity contribution >= 4 is 34.5 Å². The van der Waals surface area contributed by atoms with E-state index < -0.39 is 34.5 Å². The Bertz CT molecular complexity index is 411. The lowest BCUT2D eigenvalue weighted by Gasteiger charge is -2.36. The van der Waals surface area contributed by atoms with Crippen LogP contribution >= 0.6 is 0 Å². The fraction of sp³-hybridized carbons (Fsp3) is 1.00. The molecule has 2 saturated heterocycles. The van der Waals surface area contributed by atoms with E-state index in [1.165, 1.54) is 0 Å². The second kappa shape index (κ2) is 8.13. The average molecular weight is 409 g/mol. The van der Waals surface area contributed by atoms with Gasteiger partial charge in [-0.1, -0.05) is 0 Å². The van der Waals surface area contributed by atoms with E-state index in [1.807, 2.05) is 0 Å². The highest BCUT2D eigenvalue weighted by Gasteiger charge is 2.39. The molecule has 0 N–H and O–H groups in total. The molecule has 3 atom stereocenters. The molecule has 2 aliphatic heterocycles. The fourth-order valence-electron chi connectivity index (χ4n) is 3.16. The van der Waals surface area contributed by atoms with Gasteiger partial charge in [0, 0.05) is 0 Å². The van der Waals surface area contributed by atoms with Gasteiger partial charge < -0.3 is 21.8 Å². The minimum Gasteiger partial charge on any atom is -0.439 e. The summed E-state index contributed by atoms with van der Waals surface area (Å²) in [7, 11) is -7.13. The molecule has 0 amide bonds. The summed E-state index contributed by atoms with van der Waals surface area (Å²) >= 11 is 0. The lowest BCUT2D eigenvalue weighted by Crippen LogP contribution is -2.51. The third-order valence-electron chi connectivity index (χ3n) is 4.40. The number of rotatable bonds is 12.